The Balaban J connectivity index is 0. The molecule has 0 saturated carbocycles. The molecule has 0 amide bonds. The van der Waals surface area contributed by atoms with Gasteiger partial charge in [-0.05, 0) is 32.1 Å². The molecular weight excluding hydrogens is 653 g/mol. The lowest BCUT2D eigenvalue weighted by atomic mass is 9.77. The molecular formula is C25H52Br2N7O4P. The molecule has 1 aromatic rings. The molecule has 1 aromatic heterocycles. The van der Waals surface area contributed by atoms with E-state index in [9.17, 15) is 14.7 Å². The Bertz CT molecular complexity index is 903. The summed E-state index contributed by atoms with van der Waals surface area (Å²) in [6.07, 6.45) is 6.11. The van der Waals surface area contributed by atoms with Crippen LogP contribution in [0.4, 0.5) is 5.95 Å². The molecule has 0 aliphatic rings. The molecule has 0 spiro atoms. The third-order valence-corrected chi connectivity index (χ3v) is 8.13. The van der Waals surface area contributed by atoms with E-state index in [1.54, 1.807) is 10.9 Å². The van der Waals surface area contributed by atoms with Crippen molar-refractivity contribution in [2.75, 3.05) is 36.9 Å². The maximum atomic E-state index is 13.0. The Morgan fingerprint density at radius 2 is 1.69 bits per heavy atom. The second kappa shape index (κ2) is 20.0. The Labute approximate surface area is 252 Å². The number of halogens is 2. The van der Waals surface area contributed by atoms with Crippen molar-refractivity contribution < 1.29 is 14.0 Å². The number of nitrogens with two attached hydrogens (primary N) is 2. The molecule has 230 valence electrons. The van der Waals surface area contributed by atoms with Crippen molar-refractivity contribution in [2.45, 2.75) is 87.1 Å². The van der Waals surface area contributed by atoms with Gasteiger partial charge in [0.25, 0.3) is 0 Å². The maximum absolute atomic E-state index is 13.0. The standard InChI is InChI=1S/C19H36Br2N7O4P.C4H10.C2H6/c1-6-24-15(13-32-33(23,31)26(10-7-20)11-8-21)16(22)18(2,3)14-19(4,5)27-12-9-25-17(27)28(29)30;1-3-4-2;1-2/h9,12,24H,6-8,10-11,13-14,22H2,1-5H3,(H2,23,31);3-4H2,1-2H3;1-2H3/b16-15-;;. The van der Waals surface area contributed by atoms with Gasteiger partial charge in [-0.1, -0.05) is 91.2 Å². The average molecular weight is 706 g/mol. The molecule has 0 radical (unpaired) electrons. The molecule has 1 heterocycles. The number of hydrogen-bond donors (Lipinski definition) is 3. The monoisotopic (exact) mass is 703 g/mol. The molecule has 1 rings (SSSR count). The van der Waals surface area contributed by atoms with Gasteiger partial charge in [-0.2, -0.15) is 0 Å². The van der Waals surface area contributed by atoms with E-state index in [1.807, 2.05) is 48.5 Å². The van der Waals surface area contributed by atoms with E-state index in [-0.39, 0.29) is 12.6 Å². The van der Waals surface area contributed by atoms with E-state index in [4.69, 9.17) is 15.8 Å². The van der Waals surface area contributed by atoms with E-state index >= 15 is 0 Å². The topological polar surface area (TPSA) is 155 Å². The van der Waals surface area contributed by atoms with E-state index in [0.29, 0.717) is 48.1 Å². The van der Waals surface area contributed by atoms with Crippen molar-refractivity contribution in [2.24, 2.45) is 16.7 Å². The summed E-state index contributed by atoms with van der Waals surface area (Å²) in [4.78, 5) is 14.7. The second-order valence-electron chi connectivity index (χ2n) is 9.82. The van der Waals surface area contributed by atoms with Gasteiger partial charge in [0.15, 0.2) is 0 Å². The lowest BCUT2D eigenvalue weighted by Gasteiger charge is -2.36. The van der Waals surface area contributed by atoms with Gasteiger partial charge in [-0.25, -0.2) is 14.7 Å². The third kappa shape index (κ3) is 14.0. The Hall–Kier alpha value is -0.980. The molecule has 0 aliphatic heterocycles. The minimum atomic E-state index is -3.55. The molecule has 1 atom stereocenters. The van der Waals surface area contributed by atoms with Crippen molar-refractivity contribution >= 4 is 45.5 Å². The third-order valence-electron chi connectivity index (χ3n) is 5.73. The zero-order valence-electron chi connectivity index (χ0n) is 25.3. The number of hydrogen-bond acceptors (Lipinski definition) is 7. The van der Waals surface area contributed by atoms with Crippen LogP contribution in [0.3, 0.4) is 0 Å². The first-order valence-corrected chi connectivity index (χ1v) is 17.4. The number of unbranched alkanes of at least 4 members (excludes halogenated alkanes) is 1. The number of rotatable bonds is 16. The molecule has 0 aliphatic carbocycles. The predicted octanol–water partition coefficient (Wildman–Crippen LogP) is 6.73. The Morgan fingerprint density at radius 3 is 2.10 bits per heavy atom. The van der Waals surface area contributed by atoms with Crippen LogP contribution in [-0.4, -0.2) is 56.0 Å². The van der Waals surface area contributed by atoms with Gasteiger partial charge in [0.1, 0.15) is 12.4 Å². The smallest absolute Gasteiger partial charge is 0.400 e. The molecule has 0 fully saturated rings. The van der Waals surface area contributed by atoms with Gasteiger partial charge < -0.3 is 21.2 Å². The van der Waals surface area contributed by atoms with E-state index < -0.39 is 23.5 Å². The summed E-state index contributed by atoms with van der Waals surface area (Å²) in [7, 11) is -3.55. The molecule has 5 N–H and O–H groups in total. The highest BCUT2D eigenvalue weighted by Crippen LogP contribution is 2.44. The van der Waals surface area contributed by atoms with E-state index in [1.165, 1.54) is 23.6 Å². The minimum absolute atomic E-state index is 0.0520. The number of allylic oxidation sites excluding steroid dienone is 1. The fourth-order valence-electron chi connectivity index (χ4n) is 3.84. The van der Waals surface area contributed by atoms with Gasteiger partial charge in [-0.3, -0.25) is 9.09 Å². The Morgan fingerprint density at radius 1 is 1.18 bits per heavy atom. The van der Waals surface area contributed by atoms with E-state index in [2.05, 4.69) is 56.0 Å². The lowest BCUT2D eigenvalue weighted by molar-refractivity contribution is -0.398. The van der Waals surface area contributed by atoms with Gasteiger partial charge in [-0.15, -0.1) is 0 Å². The zero-order chi connectivity index (χ0) is 30.9. The quantitative estimate of drug-likeness (QED) is 0.0735. The van der Waals surface area contributed by atoms with Crippen molar-refractivity contribution in [3.63, 3.8) is 0 Å². The van der Waals surface area contributed by atoms with Crippen LogP contribution in [0.1, 0.15) is 81.6 Å². The summed E-state index contributed by atoms with van der Waals surface area (Å²) >= 11 is 6.69. The van der Waals surface area contributed by atoms with Crippen LogP contribution in [-0.2, 0) is 14.6 Å². The SMILES string of the molecule is CC.CCCC.CCN/C(COP(N)(=O)N(CCBr)CCBr)=C(\N)C(C)(C)CC(C)(C)n1ccnc1[N+](=O)[O-]. The number of nitrogens with zero attached hydrogens (tertiary/aromatic N) is 4. The number of aromatic nitrogens is 2. The highest BCUT2D eigenvalue weighted by Gasteiger charge is 2.38. The molecule has 39 heavy (non-hydrogen) atoms. The first-order valence-electron chi connectivity index (χ1n) is 13.5. The van der Waals surface area contributed by atoms with Crippen molar-refractivity contribution in [3.8, 4) is 0 Å². The Kier molecular flexibility index (Phi) is 20.6. The largest absolute Gasteiger partial charge is 0.434 e. The normalized spacial score (nSPS) is 13.9. The van der Waals surface area contributed by atoms with Crippen LogP contribution >= 0.6 is 39.5 Å². The minimum Gasteiger partial charge on any atom is -0.400 e. The zero-order valence-corrected chi connectivity index (χ0v) is 29.4. The number of nitro groups is 1. The summed E-state index contributed by atoms with van der Waals surface area (Å²) < 4.78 is 21.9. The number of nitrogens with one attached hydrogen (secondary N) is 1. The summed E-state index contributed by atoms with van der Waals surface area (Å²) in [5, 5.41) is 15.8. The first kappa shape index (κ1) is 40.2. The van der Waals surface area contributed by atoms with Crippen LogP contribution < -0.4 is 16.6 Å². The fourth-order valence-corrected chi connectivity index (χ4v) is 6.47. The van der Waals surface area contributed by atoms with Crippen molar-refractivity contribution in [1.29, 1.82) is 0 Å². The number of likely N-dealkylation sites (N-methyl/N-ethyl adjacent to an activating group) is 1. The van der Waals surface area contributed by atoms with Gasteiger partial charge >= 0.3 is 13.6 Å². The van der Waals surface area contributed by atoms with Crippen LogP contribution in [0.2, 0.25) is 0 Å². The number of alkyl halides is 2. The average Bonchev–Trinajstić information content (AvgIpc) is 3.38. The molecule has 0 aromatic carbocycles. The molecule has 0 saturated heterocycles. The second-order valence-corrected chi connectivity index (χ2v) is 13.4. The molecule has 0 bridgehead atoms. The summed E-state index contributed by atoms with van der Waals surface area (Å²) in [6.45, 7) is 19.4. The molecule has 1 unspecified atom stereocenters. The molecule has 11 nitrogen and oxygen atoms in total. The van der Waals surface area contributed by atoms with E-state index in [0.717, 1.165) is 0 Å². The first-order chi connectivity index (χ1) is 18.1. The van der Waals surface area contributed by atoms with Gasteiger partial charge in [0.05, 0.1) is 17.8 Å². The predicted molar refractivity (Wildman–Crippen MR) is 170 cm³/mol. The van der Waals surface area contributed by atoms with Crippen molar-refractivity contribution in [1.82, 2.24) is 19.5 Å². The summed E-state index contributed by atoms with van der Waals surface area (Å²) in [5.74, 6) is -0.226. The van der Waals surface area contributed by atoms with Crippen molar-refractivity contribution in [3.05, 3.63) is 33.9 Å². The van der Waals surface area contributed by atoms with Crippen LogP contribution in [0.15, 0.2) is 23.8 Å². The highest BCUT2D eigenvalue weighted by atomic mass is 79.9. The molecule has 14 heteroatoms. The fraction of sp³-hybridized carbons (Fsp3) is 0.800. The maximum Gasteiger partial charge on any atom is 0.434 e. The van der Waals surface area contributed by atoms with Crippen LogP contribution in [0.25, 0.3) is 0 Å². The number of imidazole rings is 1. The van der Waals surface area contributed by atoms with Gasteiger partial charge in [0, 0.05) is 41.4 Å². The van der Waals surface area contributed by atoms with Gasteiger partial charge in [0.2, 0.25) is 0 Å². The van der Waals surface area contributed by atoms with Crippen LogP contribution in [0.5, 0.6) is 0 Å². The van der Waals surface area contributed by atoms with Crippen LogP contribution in [0, 0.1) is 15.5 Å². The summed E-state index contributed by atoms with van der Waals surface area (Å²) in [5.41, 5.74) is 12.5. The summed E-state index contributed by atoms with van der Waals surface area (Å²) in [6, 6.07) is 0. The lowest BCUT2D eigenvalue weighted by Crippen LogP contribution is -2.38. The highest BCUT2D eigenvalue weighted by molar-refractivity contribution is 9.09.